The van der Waals surface area contributed by atoms with Crippen molar-refractivity contribution in [1.29, 1.82) is 0 Å². The minimum atomic E-state index is -0.00166. The molecule has 1 aromatic rings. The molecule has 0 aromatic heterocycles. The second-order valence-corrected chi connectivity index (χ2v) is 7.73. The van der Waals surface area contributed by atoms with Crippen LogP contribution in [0, 0.1) is 0 Å². The Morgan fingerprint density at radius 2 is 2.03 bits per heavy atom. The number of halogens is 1. The van der Waals surface area contributed by atoms with Crippen molar-refractivity contribution in [3.63, 3.8) is 0 Å². The quantitative estimate of drug-likeness (QED) is 0.373. The number of carbonyl (C=O) groups is 1. The summed E-state index contributed by atoms with van der Waals surface area (Å²) in [5.74, 6) is 0.803. The first-order valence-corrected chi connectivity index (χ1v) is 10.7. The van der Waals surface area contributed by atoms with E-state index in [1.54, 1.807) is 19.0 Å². The maximum Gasteiger partial charge on any atom is 0.243 e. The number of guanidine groups is 1. The molecule has 1 saturated heterocycles. The van der Waals surface area contributed by atoms with E-state index in [0.717, 1.165) is 69.9 Å². The van der Waals surface area contributed by atoms with Gasteiger partial charge in [0.1, 0.15) is 6.54 Å². The standard InChI is InChI=1S/C21H34ClN5O2/c1-4-29-14-6-9-23-21(24-16-20(28)25(2)3)27-12-10-26(11-13-27)17-18-7-5-8-19(22)15-18/h5,7-8,15H,4,6,9-14,16-17H2,1-3H3,(H,23,24). The van der Waals surface area contributed by atoms with E-state index in [0.29, 0.717) is 0 Å². The lowest BCUT2D eigenvalue weighted by molar-refractivity contribution is -0.127. The molecule has 2 rings (SSSR count). The first-order valence-electron chi connectivity index (χ1n) is 10.3. The number of hydrogen-bond acceptors (Lipinski definition) is 4. The average Bonchev–Trinajstić information content (AvgIpc) is 2.70. The lowest BCUT2D eigenvalue weighted by atomic mass is 10.2. The number of benzene rings is 1. The molecule has 162 valence electrons. The fourth-order valence-electron chi connectivity index (χ4n) is 3.08. The third-order valence-corrected chi connectivity index (χ3v) is 5.02. The number of ether oxygens (including phenoxy) is 1. The van der Waals surface area contributed by atoms with Crippen LogP contribution >= 0.6 is 11.6 Å². The third kappa shape index (κ3) is 8.60. The van der Waals surface area contributed by atoms with Crippen LogP contribution in [0.2, 0.25) is 5.02 Å². The molecule has 1 amide bonds. The van der Waals surface area contributed by atoms with Gasteiger partial charge in [-0.15, -0.1) is 0 Å². The smallest absolute Gasteiger partial charge is 0.243 e. The van der Waals surface area contributed by atoms with Gasteiger partial charge in [0.05, 0.1) is 0 Å². The number of carbonyl (C=O) groups excluding carboxylic acids is 1. The third-order valence-electron chi connectivity index (χ3n) is 4.78. The Morgan fingerprint density at radius 1 is 1.28 bits per heavy atom. The molecular formula is C21H34ClN5O2. The molecule has 0 unspecified atom stereocenters. The molecular weight excluding hydrogens is 390 g/mol. The van der Waals surface area contributed by atoms with Gasteiger partial charge in [-0.3, -0.25) is 9.69 Å². The molecule has 1 fully saturated rings. The number of nitrogens with zero attached hydrogens (tertiary/aromatic N) is 4. The van der Waals surface area contributed by atoms with E-state index < -0.39 is 0 Å². The SMILES string of the molecule is CCOCCCNC(=NCC(=O)N(C)C)N1CCN(Cc2cccc(Cl)c2)CC1. The van der Waals surface area contributed by atoms with Gasteiger partial charge in [0.25, 0.3) is 0 Å². The predicted molar refractivity (Wildman–Crippen MR) is 118 cm³/mol. The summed E-state index contributed by atoms with van der Waals surface area (Å²) in [5.41, 5.74) is 1.23. The molecule has 1 aliphatic heterocycles. The van der Waals surface area contributed by atoms with Crippen LogP contribution in [-0.4, -0.2) is 93.1 Å². The maximum atomic E-state index is 12.0. The Kier molecular flexibility index (Phi) is 10.2. The minimum absolute atomic E-state index is 0.00166. The molecule has 7 nitrogen and oxygen atoms in total. The van der Waals surface area contributed by atoms with Crippen LogP contribution in [0.5, 0.6) is 0 Å². The number of aliphatic imine (C=N–C) groups is 1. The minimum Gasteiger partial charge on any atom is -0.382 e. The average molecular weight is 424 g/mol. The first-order chi connectivity index (χ1) is 14.0. The zero-order valence-corrected chi connectivity index (χ0v) is 18.6. The normalized spacial score (nSPS) is 15.4. The summed E-state index contributed by atoms with van der Waals surface area (Å²) in [6.45, 7) is 8.89. The molecule has 0 saturated carbocycles. The highest BCUT2D eigenvalue weighted by Gasteiger charge is 2.20. The highest BCUT2D eigenvalue weighted by Crippen LogP contribution is 2.14. The van der Waals surface area contributed by atoms with Gasteiger partial charge in [0.2, 0.25) is 5.91 Å². The van der Waals surface area contributed by atoms with Gasteiger partial charge in [-0.25, -0.2) is 4.99 Å². The van der Waals surface area contributed by atoms with Gasteiger partial charge < -0.3 is 19.9 Å². The van der Waals surface area contributed by atoms with Crippen molar-refractivity contribution in [2.24, 2.45) is 4.99 Å². The van der Waals surface area contributed by atoms with E-state index in [4.69, 9.17) is 16.3 Å². The van der Waals surface area contributed by atoms with E-state index in [2.05, 4.69) is 26.2 Å². The van der Waals surface area contributed by atoms with Crippen molar-refractivity contribution in [3.05, 3.63) is 34.9 Å². The van der Waals surface area contributed by atoms with E-state index in [9.17, 15) is 4.79 Å². The number of piperazine rings is 1. The van der Waals surface area contributed by atoms with E-state index in [1.807, 2.05) is 25.1 Å². The summed E-state index contributed by atoms with van der Waals surface area (Å²) in [7, 11) is 3.50. The molecule has 29 heavy (non-hydrogen) atoms. The van der Waals surface area contributed by atoms with Crippen molar-refractivity contribution in [3.8, 4) is 0 Å². The summed E-state index contributed by atoms with van der Waals surface area (Å²) in [4.78, 5) is 22.8. The fourth-order valence-corrected chi connectivity index (χ4v) is 3.29. The first kappa shape index (κ1) is 23.4. The molecule has 0 atom stereocenters. The largest absolute Gasteiger partial charge is 0.382 e. The zero-order valence-electron chi connectivity index (χ0n) is 17.9. The van der Waals surface area contributed by atoms with Crippen LogP contribution in [-0.2, 0) is 16.1 Å². The van der Waals surface area contributed by atoms with Crippen molar-refractivity contribution >= 4 is 23.5 Å². The molecule has 0 bridgehead atoms. The Hall–Kier alpha value is -1.83. The Bertz CT molecular complexity index is 660. The number of amides is 1. The topological polar surface area (TPSA) is 60.4 Å². The molecule has 1 N–H and O–H groups in total. The molecule has 8 heteroatoms. The molecule has 0 spiro atoms. The summed E-state index contributed by atoms with van der Waals surface area (Å²) in [6.07, 6.45) is 0.906. The van der Waals surface area contributed by atoms with Crippen LogP contribution in [0.3, 0.4) is 0 Å². The second kappa shape index (κ2) is 12.7. The number of rotatable bonds is 9. The van der Waals surface area contributed by atoms with Crippen LogP contribution in [0.25, 0.3) is 0 Å². The van der Waals surface area contributed by atoms with Gasteiger partial charge in [0.15, 0.2) is 5.96 Å². The van der Waals surface area contributed by atoms with E-state index >= 15 is 0 Å². The molecule has 1 aromatic carbocycles. The summed E-state index contributed by atoms with van der Waals surface area (Å²) in [5, 5.41) is 4.18. The number of likely N-dealkylation sites (N-methyl/N-ethyl adjacent to an activating group) is 1. The maximum absolute atomic E-state index is 12.0. The van der Waals surface area contributed by atoms with Crippen LogP contribution in [0.1, 0.15) is 18.9 Å². The van der Waals surface area contributed by atoms with Crippen LogP contribution < -0.4 is 5.32 Å². The van der Waals surface area contributed by atoms with Crippen molar-refractivity contribution in [1.82, 2.24) is 20.0 Å². The summed E-state index contributed by atoms with van der Waals surface area (Å²) >= 11 is 6.10. The Balaban J connectivity index is 1.89. The Labute approximate surface area is 179 Å². The van der Waals surface area contributed by atoms with Gasteiger partial charge in [0, 0.05) is 71.6 Å². The Morgan fingerprint density at radius 3 is 2.69 bits per heavy atom. The second-order valence-electron chi connectivity index (χ2n) is 7.30. The van der Waals surface area contributed by atoms with Crippen LogP contribution in [0.15, 0.2) is 29.3 Å². The lowest BCUT2D eigenvalue weighted by Crippen LogP contribution is -2.52. The van der Waals surface area contributed by atoms with E-state index in [-0.39, 0.29) is 12.5 Å². The van der Waals surface area contributed by atoms with E-state index in [1.165, 1.54) is 5.56 Å². The molecule has 1 heterocycles. The monoisotopic (exact) mass is 423 g/mol. The van der Waals surface area contributed by atoms with Crippen LogP contribution in [0.4, 0.5) is 0 Å². The molecule has 0 aliphatic carbocycles. The zero-order chi connectivity index (χ0) is 21.1. The fraction of sp³-hybridized carbons (Fsp3) is 0.619. The molecule has 0 radical (unpaired) electrons. The highest BCUT2D eigenvalue weighted by molar-refractivity contribution is 6.30. The van der Waals surface area contributed by atoms with Crippen molar-refractivity contribution < 1.29 is 9.53 Å². The summed E-state index contributed by atoms with van der Waals surface area (Å²) in [6, 6.07) is 8.02. The van der Waals surface area contributed by atoms with Gasteiger partial charge in [-0.2, -0.15) is 0 Å². The lowest BCUT2D eigenvalue weighted by Gasteiger charge is -2.36. The highest BCUT2D eigenvalue weighted by atomic mass is 35.5. The van der Waals surface area contributed by atoms with Gasteiger partial charge in [-0.1, -0.05) is 23.7 Å². The predicted octanol–water partition coefficient (Wildman–Crippen LogP) is 1.92. The van der Waals surface area contributed by atoms with Crippen molar-refractivity contribution in [2.75, 3.05) is 66.6 Å². The van der Waals surface area contributed by atoms with Crippen molar-refractivity contribution in [2.45, 2.75) is 19.9 Å². The number of hydrogen-bond donors (Lipinski definition) is 1. The van der Waals surface area contributed by atoms with Gasteiger partial charge >= 0.3 is 0 Å². The molecule has 1 aliphatic rings. The number of nitrogens with one attached hydrogen (secondary N) is 1. The van der Waals surface area contributed by atoms with Gasteiger partial charge in [-0.05, 0) is 31.0 Å². The summed E-state index contributed by atoms with van der Waals surface area (Å²) < 4.78 is 5.40.